The minimum atomic E-state index is -0.845. The van der Waals surface area contributed by atoms with Crippen LogP contribution in [0.15, 0.2) is 36.4 Å². The van der Waals surface area contributed by atoms with Crippen molar-refractivity contribution < 1.29 is 23.9 Å². The second kappa shape index (κ2) is 7.94. The highest BCUT2D eigenvalue weighted by molar-refractivity contribution is 5.96. The van der Waals surface area contributed by atoms with Crippen LogP contribution < -0.4 is 19.5 Å². The van der Waals surface area contributed by atoms with E-state index in [4.69, 9.17) is 14.2 Å². The number of nitrogens with zero attached hydrogens (tertiary/aromatic N) is 1. The molecule has 1 N–H and O–H groups in total. The van der Waals surface area contributed by atoms with E-state index < -0.39 is 16.9 Å². The first kappa shape index (κ1) is 18.5. The molecule has 2 aromatic carbocycles. The van der Waals surface area contributed by atoms with Gasteiger partial charge in [-0.3, -0.25) is 14.9 Å². The van der Waals surface area contributed by atoms with Crippen molar-refractivity contribution in [2.75, 3.05) is 18.5 Å². The molecule has 27 heavy (non-hydrogen) atoms. The van der Waals surface area contributed by atoms with Crippen LogP contribution in [0.5, 0.6) is 17.2 Å². The van der Waals surface area contributed by atoms with Crippen LogP contribution in [0.1, 0.15) is 18.9 Å². The summed E-state index contributed by atoms with van der Waals surface area (Å²) < 4.78 is 16.6. The summed E-state index contributed by atoms with van der Waals surface area (Å²) in [6.45, 7) is 4.34. The second-order valence-electron chi connectivity index (χ2n) is 6.19. The molecule has 1 aliphatic rings. The molecule has 0 spiro atoms. The number of ether oxygens (including phenoxy) is 3. The van der Waals surface area contributed by atoms with E-state index in [2.05, 4.69) is 5.32 Å². The van der Waals surface area contributed by atoms with Gasteiger partial charge < -0.3 is 19.5 Å². The minimum Gasteiger partial charge on any atom is -0.489 e. The third-order valence-electron chi connectivity index (χ3n) is 3.99. The number of amides is 1. The van der Waals surface area contributed by atoms with Crippen molar-refractivity contribution in [3.05, 3.63) is 52.1 Å². The average molecular weight is 372 g/mol. The second-order valence-corrected chi connectivity index (χ2v) is 6.19. The molecule has 0 aromatic heterocycles. The molecule has 8 heteroatoms. The topological polar surface area (TPSA) is 99.9 Å². The molecule has 0 saturated heterocycles. The molecule has 0 fully saturated rings. The van der Waals surface area contributed by atoms with E-state index in [1.807, 2.05) is 19.1 Å². The summed E-state index contributed by atoms with van der Waals surface area (Å²) in [6, 6.07) is 9.97. The Morgan fingerprint density at radius 1 is 1.22 bits per heavy atom. The van der Waals surface area contributed by atoms with Gasteiger partial charge >= 0.3 is 0 Å². The zero-order valence-corrected chi connectivity index (χ0v) is 15.1. The van der Waals surface area contributed by atoms with Gasteiger partial charge in [-0.05, 0) is 31.5 Å². The van der Waals surface area contributed by atoms with Gasteiger partial charge in [-0.25, -0.2) is 0 Å². The smallest absolute Gasteiger partial charge is 0.296 e. The zero-order chi connectivity index (χ0) is 19.4. The molecule has 1 amide bonds. The molecule has 1 atom stereocenters. The normalized spacial score (nSPS) is 14.0. The summed E-state index contributed by atoms with van der Waals surface area (Å²) in [4.78, 5) is 23.3. The predicted octanol–water partition coefficient (Wildman–Crippen LogP) is 3.47. The molecule has 0 aliphatic carbocycles. The van der Waals surface area contributed by atoms with Crippen LogP contribution >= 0.6 is 0 Å². The summed E-state index contributed by atoms with van der Waals surface area (Å²) in [7, 11) is 0. The van der Waals surface area contributed by atoms with Gasteiger partial charge in [-0.2, -0.15) is 0 Å². The lowest BCUT2D eigenvalue weighted by Gasteiger charge is -2.16. The number of aryl methyl sites for hydroxylation is 1. The van der Waals surface area contributed by atoms with Gasteiger partial charge in [-0.1, -0.05) is 12.1 Å². The van der Waals surface area contributed by atoms with Gasteiger partial charge in [0.1, 0.15) is 11.4 Å². The van der Waals surface area contributed by atoms with E-state index in [9.17, 15) is 14.9 Å². The average Bonchev–Trinajstić information content (AvgIpc) is 2.85. The van der Waals surface area contributed by atoms with Crippen LogP contribution in [-0.2, 0) is 4.79 Å². The first-order valence-corrected chi connectivity index (χ1v) is 8.56. The Morgan fingerprint density at radius 2 is 1.93 bits per heavy atom. The minimum absolute atomic E-state index is 0.0361. The van der Waals surface area contributed by atoms with Crippen molar-refractivity contribution >= 4 is 17.3 Å². The number of hydrogen-bond donors (Lipinski definition) is 1. The molecule has 3 rings (SSSR count). The van der Waals surface area contributed by atoms with Crippen LogP contribution in [0, 0.1) is 17.0 Å². The van der Waals surface area contributed by atoms with Gasteiger partial charge in [0.2, 0.25) is 0 Å². The molecule has 1 unspecified atom stereocenters. The summed E-state index contributed by atoms with van der Waals surface area (Å²) in [5.41, 5.74) is 0.767. The molecule has 8 nitrogen and oxygen atoms in total. The molecule has 1 aliphatic heterocycles. The van der Waals surface area contributed by atoms with Gasteiger partial charge in [0, 0.05) is 12.5 Å². The summed E-state index contributed by atoms with van der Waals surface area (Å²) in [5.74, 6) is 0.696. The van der Waals surface area contributed by atoms with Gasteiger partial charge in [0.15, 0.2) is 17.6 Å². The van der Waals surface area contributed by atoms with Crippen molar-refractivity contribution in [1.82, 2.24) is 0 Å². The van der Waals surface area contributed by atoms with Crippen molar-refractivity contribution in [1.29, 1.82) is 0 Å². The standard InChI is InChI=1S/C19H20N2O6/c1-12-5-3-6-14(9-12)27-13(2)19(22)20-15-10-17-18(11-16(15)21(23)24)26-8-4-7-25-17/h3,5-6,9-11,13H,4,7-8H2,1-2H3,(H,20,22). The maximum absolute atomic E-state index is 12.5. The maximum atomic E-state index is 12.5. The number of anilines is 1. The van der Waals surface area contributed by atoms with Crippen LogP contribution in [0.25, 0.3) is 0 Å². The van der Waals surface area contributed by atoms with Gasteiger partial charge in [-0.15, -0.1) is 0 Å². The lowest BCUT2D eigenvalue weighted by Crippen LogP contribution is -2.30. The number of carbonyl (C=O) groups excluding carboxylic acids is 1. The Morgan fingerprint density at radius 3 is 2.59 bits per heavy atom. The highest BCUT2D eigenvalue weighted by Crippen LogP contribution is 2.39. The Balaban J connectivity index is 1.79. The zero-order valence-electron chi connectivity index (χ0n) is 15.1. The van der Waals surface area contributed by atoms with Crippen molar-refractivity contribution in [3.63, 3.8) is 0 Å². The Kier molecular flexibility index (Phi) is 5.44. The first-order valence-electron chi connectivity index (χ1n) is 8.56. The van der Waals surface area contributed by atoms with Crippen molar-refractivity contribution in [2.45, 2.75) is 26.4 Å². The van der Waals surface area contributed by atoms with Crippen LogP contribution in [0.3, 0.4) is 0 Å². The monoisotopic (exact) mass is 372 g/mol. The molecule has 0 radical (unpaired) electrons. The van der Waals surface area contributed by atoms with Crippen molar-refractivity contribution in [3.8, 4) is 17.2 Å². The number of nitrogens with one attached hydrogen (secondary N) is 1. The number of nitro groups is 1. The number of hydrogen-bond acceptors (Lipinski definition) is 6. The molecule has 2 aromatic rings. The van der Waals surface area contributed by atoms with Crippen LogP contribution in [0.2, 0.25) is 0 Å². The molecule has 1 heterocycles. The van der Waals surface area contributed by atoms with E-state index in [-0.39, 0.29) is 11.4 Å². The third kappa shape index (κ3) is 4.46. The van der Waals surface area contributed by atoms with E-state index >= 15 is 0 Å². The van der Waals surface area contributed by atoms with Gasteiger partial charge in [0.25, 0.3) is 11.6 Å². The molecule has 0 saturated carbocycles. The van der Waals surface area contributed by atoms with E-state index in [0.717, 1.165) is 5.56 Å². The molecule has 0 bridgehead atoms. The van der Waals surface area contributed by atoms with Crippen LogP contribution in [-0.4, -0.2) is 30.1 Å². The number of nitro benzene ring substituents is 1. The highest BCUT2D eigenvalue weighted by atomic mass is 16.6. The fourth-order valence-electron chi connectivity index (χ4n) is 2.63. The number of carbonyl (C=O) groups is 1. The molecular weight excluding hydrogens is 352 g/mol. The summed E-state index contributed by atoms with van der Waals surface area (Å²) in [6.07, 6.45) is -0.173. The fourth-order valence-corrected chi connectivity index (χ4v) is 2.63. The largest absolute Gasteiger partial charge is 0.489 e. The number of rotatable bonds is 5. The highest BCUT2D eigenvalue weighted by Gasteiger charge is 2.25. The number of benzene rings is 2. The van der Waals surface area contributed by atoms with E-state index in [1.54, 1.807) is 19.1 Å². The fraction of sp³-hybridized carbons (Fsp3) is 0.316. The lowest BCUT2D eigenvalue weighted by atomic mass is 10.2. The Hall–Kier alpha value is -3.29. The van der Waals surface area contributed by atoms with Crippen LogP contribution in [0.4, 0.5) is 11.4 Å². The van der Waals surface area contributed by atoms with E-state index in [1.165, 1.54) is 12.1 Å². The Labute approximate surface area is 156 Å². The SMILES string of the molecule is Cc1cccc(OC(C)C(=O)Nc2cc3c(cc2[N+](=O)[O-])OCCCO3)c1. The van der Waals surface area contributed by atoms with E-state index in [0.29, 0.717) is 36.9 Å². The molecule has 142 valence electrons. The third-order valence-corrected chi connectivity index (χ3v) is 3.99. The lowest BCUT2D eigenvalue weighted by molar-refractivity contribution is -0.384. The quantitative estimate of drug-likeness (QED) is 0.637. The Bertz CT molecular complexity index is 867. The first-order chi connectivity index (χ1) is 12.9. The summed E-state index contributed by atoms with van der Waals surface area (Å²) >= 11 is 0. The molecular formula is C19H20N2O6. The van der Waals surface area contributed by atoms with Gasteiger partial charge in [0.05, 0.1) is 24.2 Å². The predicted molar refractivity (Wildman–Crippen MR) is 98.6 cm³/mol. The summed E-state index contributed by atoms with van der Waals surface area (Å²) in [5, 5.41) is 14.0. The maximum Gasteiger partial charge on any atom is 0.296 e. The number of fused-ring (bicyclic) bond motifs is 1. The van der Waals surface area contributed by atoms with Crippen molar-refractivity contribution in [2.24, 2.45) is 0 Å².